The first-order valence-electron chi connectivity index (χ1n) is 8.04. The molecule has 0 bridgehead atoms. The SMILES string of the molecule is CCCNC(=NCC1CCCCO1)NCCc1ccco1. The molecule has 0 spiro atoms. The number of nitrogens with zero attached hydrogens (tertiary/aromatic N) is 1. The zero-order valence-electron chi connectivity index (χ0n) is 12.9. The minimum Gasteiger partial charge on any atom is -0.469 e. The Bertz CT molecular complexity index is 398. The lowest BCUT2D eigenvalue weighted by atomic mass is 10.1. The molecule has 0 amide bonds. The van der Waals surface area contributed by atoms with E-state index in [1.807, 2.05) is 12.1 Å². The van der Waals surface area contributed by atoms with E-state index in [9.17, 15) is 0 Å². The van der Waals surface area contributed by atoms with E-state index in [-0.39, 0.29) is 6.10 Å². The molecular weight excluding hydrogens is 266 g/mol. The zero-order chi connectivity index (χ0) is 14.8. The van der Waals surface area contributed by atoms with Gasteiger partial charge in [0.15, 0.2) is 5.96 Å². The van der Waals surface area contributed by atoms with Crippen molar-refractivity contribution in [1.82, 2.24) is 10.6 Å². The third kappa shape index (κ3) is 6.21. The van der Waals surface area contributed by atoms with Crippen molar-refractivity contribution in [2.45, 2.75) is 45.1 Å². The van der Waals surface area contributed by atoms with Crippen LogP contribution in [0.25, 0.3) is 0 Å². The average Bonchev–Trinajstić information content (AvgIpc) is 3.04. The van der Waals surface area contributed by atoms with Gasteiger partial charge in [0.2, 0.25) is 0 Å². The predicted molar refractivity (Wildman–Crippen MR) is 84.6 cm³/mol. The highest BCUT2D eigenvalue weighted by atomic mass is 16.5. The van der Waals surface area contributed by atoms with Gasteiger partial charge in [0, 0.05) is 26.1 Å². The molecule has 1 aliphatic rings. The Labute approximate surface area is 127 Å². The van der Waals surface area contributed by atoms with Gasteiger partial charge in [0.1, 0.15) is 5.76 Å². The summed E-state index contributed by atoms with van der Waals surface area (Å²) in [5, 5.41) is 6.70. The number of nitrogens with one attached hydrogen (secondary N) is 2. The Hall–Kier alpha value is -1.49. The number of hydrogen-bond donors (Lipinski definition) is 2. The van der Waals surface area contributed by atoms with Gasteiger partial charge in [-0.25, -0.2) is 0 Å². The molecule has 1 aromatic rings. The summed E-state index contributed by atoms with van der Waals surface area (Å²) in [6.45, 7) is 5.51. The monoisotopic (exact) mass is 293 g/mol. The van der Waals surface area contributed by atoms with E-state index in [0.29, 0.717) is 0 Å². The van der Waals surface area contributed by atoms with Crippen LogP contribution in [0.15, 0.2) is 27.8 Å². The number of furan rings is 1. The molecule has 1 fully saturated rings. The molecule has 0 saturated carbocycles. The van der Waals surface area contributed by atoms with Crippen molar-refractivity contribution in [2.24, 2.45) is 4.99 Å². The lowest BCUT2D eigenvalue weighted by molar-refractivity contribution is 0.0224. The largest absolute Gasteiger partial charge is 0.469 e. The number of rotatable bonds is 7. The highest BCUT2D eigenvalue weighted by molar-refractivity contribution is 5.79. The minimum absolute atomic E-state index is 0.282. The molecule has 118 valence electrons. The van der Waals surface area contributed by atoms with E-state index < -0.39 is 0 Å². The Balaban J connectivity index is 1.75. The van der Waals surface area contributed by atoms with E-state index in [2.05, 4.69) is 22.5 Å². The summed E-state index contributed by atoms with van der Waals surface area (Å²) in [6, 6.07) is 3.91. The second kappa shape index (κ2) is 9.45. The van der Waals surface area contributed by atoms with E-state index in [1.54, 1.807) is 6.26 Å². The first-order valence-corrected chi connectivity index (χ1v) is 8.04. The van der Waals surface area contributed by atoms with Crippen molar-refractivity contribution in [1.29, 1.82) is 0 Å². The predicted octanol–water partition coefficient (Wildman–Crippen LogP) is 2.34. The summed E-state index contributed by atoms with van der Waals surface area (Å²) in [5.74, 6) is 1.87. The molecule has 0 aromatic carbocycles. The zero-order valence-corrected chi connectivity index (χ0v) is 12.9. The molecule has 1 aliphatic heterocycles. The number of aliphatic imine (C=N–C) groups is 1. The summed E-state index contributed by atoms with van der Waals surface area (Å²) in [5.41, 5.74) is 0. The van der Waals surface area contributed by atoms with Gasteiger partial charge in [0.05, 0.1) is 18.9 Å². The standard InChI is InChI=1S/C16H27N3O2/c1-2-9-17-16(18-10-8-14-7-5-12-20-14)19-13-15-6-3-4-11-21-15/h5,7,12,15H,2-4,6,8-11,13H2,1H3,(H2,17,18,19). The average molecular weight is 293 g/mol. The lowest BCUT2D eigenvalue weighted by Gasteiger charge is -2.21. The molecule has 0 aliphatic carbocycles. The van der Waals surface area contributed by atoms with Crippen molar-refractivity contribution in [3.05, 3.63) is 24.2 Å². The van der Waals surface area contributed by atoms with Crippen LogP contribution in [0.2, 0.25) is 0 Å². The van der Waals surface area contributed by atoms with Crippen LogP contribution in [0.4, 0.5) is 0 Å². The van der Waals surface area contributed by atoms with Gasteiger partial charge in [-0.1, -0.05) is 6.92 Å². The van der Waals surface area contributed by atoms with Gasteiger partial charge in [-0.2, -0.15) is 0 Å². The fraction of sp³-hybridized carbons (Fsp3) is 0.688. The molecule has 21 heavy (non-hydrogen) atoms. The van der Waals surface area contributed by atoms with Gasteiger partial charge in [-0.3, -0.25) is 4.99 Å². The van der Waals surface area contributed by atoms with E-state index in [1.165, 1.54) is 12.8 Å². The maximum atomic E-state index is 5.72. The Kier molecular flexibility index (Phi) is 7.15. The van der Waals surface area contributed by atoms with Gasteiger partial charge in [-0.05, 0) is 37.8 Å². The molecule has 1 saturated heterocycles. The molecule has 5 heteroatoms. The molecule has 1 aromatic heterocycles. The molecule has 5 nitrogen and oxygen atoms in total. The summed E-state index contributed by atoms with van der Waals surface area (Å²) in [7, 11) is 0. The van der Waals surface area contributed by atoms with Gasteiger partial charge in [-0.15, -0.1) is 0 Å². The van der Waals surface area contributed by atoms with Crippen LogP contribution in [-0.2, 0) is 11.2 Å². The van der Waals surface area contributed by atoms with Crippen LogP contribution < -0.4 is 10.6 Å². The van der Waals surface area contributed by atoms with Crippen molar-refractivity contribution < 1.29 is 9.15 Å². The first kappa shape index (κ1) is 15.9. The third-order valence-corrected chi connectivity index (χ3v) is 3.51. The van der Waals surface area contributed by atoms with Crippen LogP contribution >= 0.6 is 0 Å². The molecule has 2 heterocycles. The fourth-order valence-electron chi connectivity index (χ4n) is 2.32. The third-order valence-electron chi connectivity index (χ3n) is 3.51. The maximum absolute atomic E-state index is 5.72. The van der Waals surface area contributed by atoms with Crippen molar-refractivity contribution >= 4 is 5.96 Å². The fourth-order valence-corrected chi connectivity index (χ4v) is 2.32. The molecule has 1 unspecified atom stereocenters. The molecule has 2 N–H and O–H groups in total. The second-order valence-corrected chi connectivity index (χ2v) is 5.36. The van der Waals surface area contributed by atoms with Crippen LogP contribution in [0.5, 0.6) is 0 Å². The molecule has 1 atom stereocenters. The van der Waals surface area contributed by atoms with Crippen molar-refractivity contribution in [3.63, 3.8) is 0 Å². The normalized spacial score (nSPS) is 19.5. The lowest BCUT2D eigenvalue weighted by Crippen LogP contribution is -2.39. The minimum atomic E-state index is 0.282. The number of guanidine groups is 1. The van der Waals surface area contributed by atoms with Crippen molar-refractivity contribution in [3.8, 4) is 0 Å². The molecule has 0 radical (unpaired) electrons. The summed E-state index contributed by atoms with van der Waals surface area (Å²) >= 11 is 0. The van der Waals surface area contributed by atoms with Gasteiger partial charge in [0.25, 0.3) is 0 Å². The molecular formula is C16H27N3O2. The van der Waals surface area contributed by atoms with Crippen LogP contribution in [0.3, 0.4) is 0 Å². The highest BCUT2D eigenvalue weighted by Gasteiger charge is 2.13. The quantitative estimate of drug-likeness (QED) is 0.598. The maximum Gasteiger partial charge on any atom is 0.191 e. The Morgan fingerprint density at radius 3 is 2.95 bits per heavy atom. The number of ether oxygens (including phenoxy) is 1. The Morgan fingerprint density at radius 2 is 2.24 bits per heavy atom. The highest BCUT2D eigenvalue weighted by Crippen LogP contribution is 2.12. The van der Waals surface area contributed by atoms with E-state index >= 15 is 0 Å². The summed E-state index contributed by atoms with van der Waals surface area (Å²) in [6.07, 6.45) is 7.49. The van der Waals surface area contributed by atoms with Crippen LogP contribution in [0.1, 0.15) is 38.4 Å². The van der Waals surface area contributed by atoms with Crippen LogP contribution in [0, 0.1) is 0 Å². The summed E-state index contributed by atoms with van der Waals surface area (Å²) < 4.78 is 11.0. The number of hydrogen-bond acceptors (Lipinski definition) is 3. The van der Waals surface area contributed by atoms with Crippen molar-refractivity contribution in [2.75, 3.05) is 26.2 Å². The van der Waals surface area contributed by atoms with Crippen LogP contribution in [-0.4, -0.2) is 38.3 Å². The van der Waals surface area contributed by atoms with Gasteiger partial charge < -0.3 is 19.8 Å². The summed E-state index contributed by atoms with van der Waals surface area (Å²) in [4.78, 5) is 4.64. The smallest absolute Gasteiger partial charge is 0.191 e. The topological polar surface area (TPSA) is 58.8 Å². The first-order chi connectivity index (χ1) is 10.4. The second-order valence-electron chi connectivity index (χ2n) is 5.36. The Morgan fingerprint density at radius 1 is 1.33 bits per heavy atom. The van der Waals surface area contributed by atoms with E-state index in [4.69, 9.17) is 9.15 Å². The molecule has 2 rings (SSSR count). The van der Waals surface area contributed by atoms with E-state index in [0.717, 1.165) is 57.2 Å². The van der Waals surface area contributed by atoms with Gasteiger partial charge >= 0.3 is 0 Å².